The van der Waals surface area contributed by atoms with Gasteiger partial charge in [-0.25, -0.2) is 0 Å². The van der Waals surface area contributed by atoms with Crippen LogP contribution in [0.25, 0.3) is 0 Å². The zero-order valence-corrected chi connectivity index (χ0v) is 11.7. The number of methoxy groups -OCH3 is 1. The molecule has 1 rings (SSSR count). The van der Waals surface area contributed by atoms with Crippen molar-refractivity contribution in [2.75, 3.05) is 27.3 Å². The second kappa shape index (κ2) is 6.21. The molecule has 0 aromatic heterocycles. The van der Waals surface area contributed by atoms with Crippen LogP contribution >= 0.6 is 0 Å². The monoisotopic (exact) mass is 273 g/mol. The summed E-state index contributed by atoms with van der Waals surface area (Å²) in [5, 5.41) is 21.5. The highest BCUT2D eigenvalue weighted by molar-refractivity contribution is 6.07. The van der Waals surface area contributed by atoms with Gasteiger partial charge in [0.25, 0.3) is 0 Å². The Labute approximate surface area is 113 Å². The number of ether oxygens (including phenoxy) is 1. The molecule has 0 aromatic rings. The van der Waals surface area contributed by atoms with Crippen LogP contribution in [-0.2, 0) is 9.53 Å². The van der Waals surface area contributed by atoms with Gasteiger partial charge in [-0.05, 0) is 18.8 Å². The fourth-order valence-corrected chi connectivity index (χ4v) is 2.73. The standard InChI is InChI=1S/C12H23N3O4/c1-8-4-12(5-8,10(13)14-18)11(17)15(2)6-9(16)7-19-3/h8-9,16,18H,4-7H2,1-3H3,(H2,13,14). The lowest BCUT2D eigenvalue weighted by Crippen LogP contribution is -2.57. The Balaban J connectivity index is 2.73. The molecule has 1 unspecified atom stereocenters. The van der Waals surface area contributed by atoms with Crippen LogP contribution in [0, 0.1) is 11.3 Å². The molecule has 0 saturated heterocycles. The molecule has 1 aliphatic carbocycles. The number of carbonyl (C=O) groups excluding carboxylic acids is 1. The van der Waals surface area contributed by atoms with Crippen molar-refractivity contribution in [1.82, 2.24) is 4.90 Å². The van der Waals surface area contributed by atoms with Crippen molar-refractivity contribution < 1.29 is 19.8 Å². The van der Waals surface area contributed by atoms with E-state index in [9.17, 15) is 9.90 Å². The molecule has 1 amide bonds. The Morgan fingerprint density at radius 3 is 2.63 bits per heavy atom. The van der Waals surface area contributed by atoms with Gasteiger partial charge in [0.1, 0.15) is 5.41 Å². The highest BCUT2D eigenvalue weighted by Gasteiger charge is 2.53. The summed E-state index contributed by atoms with van der Waals surface area (Å²) < 4.78 is 4.82. The quantitative estimate of drug-likeness (QED) is 0.264. The van der Waals surface area contributed by atoms with Gasteiger partial charge < -0.3 is 25.7 Å². The molecular weight excluding hydrogens is 250 g/mol. The third-order valence-electron chi connectivity index (χ3n) is 3.59. The summed E-state index contributed by atoms with van der Waals surface area (Å²) in [6.07, 6.45) is 0.375. The maximum absolute atomic E-state index is 12.4. The van der Waals surface area contributed by atoms with E-state index in [-0.39, 0.29) is 24.9 Å². The van der Waals surface area contributed by atoms with Gasteiger partial charge in [0.05, 0.1) is 12.7 Å². The van der Waals surface area contributed by atoms with Gasteiger partial charge in [0, 0.05) is 20.7 Å². The zero-order chi connectivity index (χ0) is 14.6. The summed E-state index contributed by atoms with van der Waals surface area (Å²) in [7, 11) is 3.08. The Hall–Kier alpha value is -1.34. The van der Waals surface area contributed by atoms with Gasteiger partial charge in [0.2, 0.25) is 5.91 Å². The first kappa shape index (κ1) is 15.7. The third kappa shape index (κ3) is 3.16. The van der Waals surface area contributed by atoms with Crippen LogP contribution in [-0.4, -0.2) is 60.4 Å². The molecule has 0 aliphatic heterocycles. The van der Waals surface area contributed by atoms with Crippen LogP contribution in [0.4, 0.5) is 0 Å². The van der Waals surface area contributed by atoms with Gasteiger partial charge in [-0.1, -0.05) is 12.1 Å². The highest BCUT2D eigenvalue weighted by Crippen LogP contribution is 2.46. The van der Waals surface area contributed by atoms with Crippen LogP contribution < -0.4 is 5.73 Å². The van der Waals surface area contributed by atoms with E-state index in [2.05, 4.69) is 5.16 Å². The maximum atomic E-state index is 12.4. The number of likely N-dealkylation sites (N-methyl/N-ethyl adjacent to an activating group) is 1. The summed E-state index contributed by atoms with van der Waals surface area (Å²) in [6.45, 7) is 2.32. The van der Waals surface area contributed by atoms with Crippen molar-refractivity contribution in [2.45, 2.75) is 25.9 Å². The summed E-state index contributed by atoms with van der Waals surface area (Å²) in [5.41, 5.74) is 4.75. The second-order valence-electron chi connectivity index (χ2n) is 5.38. The number of nitrogens with zero attached hydrogens (tertiary/aromatic N) is 2. The lowest BCUT2D eigenvalue weighted by Gasteiger charge is -2.45. The lowest BCUT2D eigenvalue weighted by molar-refractivity contribution is -0.144. The van der Waals surface area contributed by atoms with Crippen LogP contribution in [0.2, 0.25) is 0 Å². The van der Waals surface area contributed by atoms with E-state index in [4.69, 9.17) is 15.7 Å². The van der Waals surface area contributed by atoms with Gasteiger partial charge in [-0.2, -0.15) is 0 Å². The summed E-state index contributed by atoms with van der Waals surface area (Å²) >= 11 is 0. The number of amides is 1. The molecule has 0 spiro atoms. The third-order valence-corrected chi connectivity index (χ3v) is 3.59. The molecule has 19 heavy (non-hydrogen) atoms. The minimum absolute atomic E-state index is 0.0521. The van der Waals surface area contributed by atoms with E-state index in [1.54, 1.807) is 7.05 Å². The molecule has 110 valence electrons. The predicted octanol–water partition coefficient (Wildman–Crippen LogP) is -0.385. The second-order valence-corrected chi connectivity index (χ2v) is 5.38. The first-order chi connectivity index (χ1) is 8.87. The molecule has 1 aliphatic rings. The summed E-state index contributed by atoms with van der Waals surface area (Å²) in [6, 6.07) is 0. The van der Waals surface area contributed by atoms with Gasteiger partial charge >= 0.3 is 0 Å². The molecule has 1 atom stereocenters. The average molecular weight is 273 g/mol. The molecule has 0 heterocycles. The number of rotatable bonds is 6. The molecule has 4 N–H and O–H groups in total. The number of oxime groups is 1. The largest absolute Gasteiger partial charge is 0.409 e. The van der Waals surface area contributed by atoms with E-state index in [1.807, 2.05) is 6.92 Å². The summed E-state index contributed by atoms with van der Waals surface area (Å²) in [4.78, 5) is 13.8. The van der Waals surface area contributed by atoms with E-state index in [1.165, 1.54) is 12.0 Å². The molecule has 1 fully saturated rings. The first-order valence-electron chi connectivity index (χ1n) is 6.28. The molecular formula is C12H23N3O4. The van der Waals surface area contributed by atoms with E-state index in [0.29, 0.717) is 18.8 Å². The summed E-state index contributed by atoms with van der Waals surface area (Å²) in [5.74, 6) is 0.0845. The Bertz CT molecular complexity index is 353. The Kier molecular flexibility index (Phi) is 5.13. The van der Waals surface area contributed by atoms with E-state index in [0.717, 1.165) is 0 Å². The topological polar surface area (TPSA) is 108 Å². The van der Waals surface area contributed by atoms with Gasteiger partial charge in [0.15, 0.2) is 5.84 Å². The number of nitrogens with two attached hydrogens (primary N) is 1. The predicted molar refractivity (Wildman–Crippen MR) is 69.8 cm³/mol. The van der Waals surface area contributed by atoms with Crippen LogP contribution in [0.15, 0.2) is 5.16 Å². The van der Waals surface area contributed by atoms with Crippen molar-refractivity contribution in [1.29, 1.82) is 0 Å². The minimum atomic E-state index is -0.921. The minimum Gasteiger partial charge on any atom is -0.409 e. The molecule has 7 heteroatoms. The molecule has 1 saturated carbocycles. The van der Waals surface area contributed by atoms with Crippen LogP contribution in [0.1, 0.15) is 19.8 Å². The fraction of sp³-hybridized carbons (Fsp3) is 0.833. The highest BCUT2D eigenvalue weighted by atomic mass is 16.5. The smallest absolute Gasteiger partial charge is 0.236 e. The number of hydrogen-bond acceptors (Lipinski definition) is 5. The number of aliphatic hydroxyl groups excluding tert-OH is 1. The van der Waals surface area contributed by atoms with Gasteiger partial charge in [-0.3, -0.25) is 4.79 Å². The van der Waals surface area contributed by atoms with E-state index < -0.39 is 11.5 Å². The lowest BCUT2D eigenvalue weighted by atomic mass is 9.61. The van der Waals surface area contributed by atoms with Crippen molar-refractivity contribution in [2.24, 2.45) is 22.2 Å². The number of carbonyl (C=O) groups is 1. The van der Waals surface area contributed by atoms with Crippen molar-refractivity contribution in [3.8, 4) is 0 Å². The SMILES string of the molecule is COCC(O)CN(C)C(=O)C1(C(N)=NO)CC(C)C1. The number of aliphatic hydroxyl groups is 1. The molecule has 0 bridgehead atoms. The van der Waals surface area contributed by atoms with Crippen LogP contribution in [0.5, 0.6) is 0 Å². The molecule has 0 radical (unpaired) electrons. The van der Waals surface area contributed by atoms with Crippen molar-refractivity contribution in [3.05, 3.63) is 0 Å². The maximum Gasteiger partial charge on any atom is 0.236 e. The molecule has 0 aromatic carbocycles. The zero-order valence-electron chi connectivity index (χ0n) is 11.7. The number of amidine groups is 1. The first-order valence-corrected chi connectivity index (χ1v) is 6.28. The average Bonchev–Trinajstić information content (AvgIpc) is 2.33. The number of hydrogen-bond donors (Lipinski definition) is 3. The normalized spacial score (nSPS) is 28.6. The van der Waals surface area contributed by atoms with E-state index >= 15 is 0 Å². The molecule has 7 nitrogen and oxygen atoms in total. The van der Waals surface area contributed by atoms with Crippen molar-refractivity contribution >= 4 is 11.7 Å². The van der Waals surface area contributed by atoms with Crippen molar-refractivity contribution in [3.63, 3.8) is 0 Å². The Morgan fingerprint density at radius 1 is 1.63 bits per heavy atom. The Morgan fingerprint density at radius 2 is 2.21 bits per heavy atom. The fourth-order valence-electron chi connectivity index (χ4n) is 2.73. The van der Waals surface area contributed by atoms with Gasteiger partial charge in [-0.15, -0.1) is 0 Å². The van der Waals surface area contributed by atoms with Crippen LogP contribution in [0.3, 0.4) is 0 Å².